The lowest BCUT2D eigenvalue weighted by atomic mass is 10.0. The molecule has 2 unspecified atom stereocenters. The van der Waals surface area contributed by atoms with Crippen molar-refractivity contribution in [1.29, 1.82) is 0 Å². The zero-order valence-corrected chi connectivity index (χ0v) is 8.28. The Balaban J connectivity index is 2.64. The lowest BCUT2D eigenvalue weighted by Gasteiger charge is -2.29. The molecule has 0 aliphatic carbocycles. The highest BCUT2D eigenvalue weighted by atomic mass is 32.2. The molecule has 0 radical (unpaired) electrons. The lowest BCUT2D eigenvalue weighted by Crippen LogP contribution is -2.29. The van der Waals surface area contributed by atoms with Crippen molar-refractivity contribution in [2.75, 3.05) is 12.9 Å². The molecule has 1 heterocycles. The molecule has 0 aromatic heterocycles. The minimum Gasteiger partial charge on any atom is -0.376 e. The molecule has 0 bridgehead atoms. The van der Waals surface area contributed by atoms with Crippen LogP contribution in [0.15, 0.2) is 11.6 Å². The molecular formula is C9H16OS. The first-order valence-electron chi connectivity index (χ1n) is 4.09. The Bertz CT molecular complexity index is 154. The third-order valence-corrected chi connectivity index (χ3v) is 3.40. The number of methoxy groups -OCH3 is 1. The van der Waals surface area contributed by atoms with Gasteiger partial charge in [-0.25, -0.2) is 0 Å². The topological polar surface area (TPSA) is 9.23 Å². The van der Waals surface area contributed by atoms with Gasteiger partial charge in [0.2, 0.25) is 0 Å². The Morgan fingerprint density at radius 1 is 1.64 bits per heavy atom. The highest BCUT2D eigenvalue weighted by Gasteiger charge is 2.24. The normalized spacial score (nSPS) is 36.1. The molecule has 1 rings (SSSR count). The van der Waals surface area contributed by atoms with Gasteiger partial charge in [0, 0.05) is 12.4 Å². The summed E-state index contributed by atoms with van der Waals surface area (Å²) in [4.78, 5) is 0. The number of allylic oxidation sites excluding steroid dienone is 1. The van der Waals surface area contributed by atoms with Gasteiger partial charge >= 0.3 is 0 Å². The molecule has 2 heteroatoms. The molecule has 0 aromatic rings. The van der Waals surface area contributed by atoms with E-state index < -0.39 is 0 Å². The van der Waals surface area contributed by atoms with Crippen LogP contribution in [0.2, 0.25) is 0 Å². The van der Waals surface area contributed by atoms with Gasteiger partial charge in [0.15, 0.2) is 0 Å². The van der Waals surface area contributed by atoms with Gasteiger partial charge < -0.3 is 4.74 Å². The fourth-order valence-corrected chi connectivity index (χ4v) is 2.73. The third-order valence-electron chi connectivity index (χ3n) is 2.19. The molecule has 0 saturated carbocycles. The Labute approximate surface area is 73.2 Å². The van der Waals surface area contributed by atoms with E-state index in [-0.39, 0.29) is 0 Å². The molecule has 0 aromatic carbocycles. The van der Waals surface area contributed by atoms with Crippen molar-refractivity contribution in [3.8, 4) is 0 Å². The van der Waals surface area contributed by atoms with E-state index in [9.17, 15) is 0 Å². The maximum absolute atomic E-state index is 5.42. The summed E-state index contributed by atoms with van der Waals surface area (Å²) < 4.78 is 5.42. The van der Waals surface area contributed by atoms with Gasteiger partial charge in [0.25, 0.3) is 0 Å². The Morgan fingerprint density at radius 2 is 2.36 bits per heavy atom. The quantitative estimate of drug-likeness (QED) is 0.562. The van der Waals surface area contributed by atoms with E-state index in [0.29, 0.717) is 11.4 Å². The van der Waals surface area contributed by atoms with E-state index in [1.165, 1.54) is 17.7 Å². The van der Waals surface area contributed by atoms with Crippen LogP contribution in [0.4, 0.5) is 0 Å². The minimum absolute atomic E-state index is 0.360. The summed E-state index contributed by atoms with van der Waals surface area (Å²) in [5.41, 5.74) is 1.47. The summed E-state index contributed by atoms with van der Waals surface area (Å²) in [6.07, 6.45) is 3.76. The van der Waals surface area contributed by atoms with Crippen LogP contribution >= 0.6 is 11.8 Å². The summed E-state index contributed by atoms with van der Waals surface area (Å²) in [5.74, 6) is 1.25. The average Bonchev–Trinajstić information content (AvgIpc) is 2.04. The molecule has 11 heavy (non-hydrogen) atoms. The first-order valence-corrected chi connectivity index (χ1v) is 5.14. The highest BCUT2D eigenvalue weighted by molar-refractivity contribution is 8.00. The zero-order chi connectivity index (χ0) is 8.27. The van der Waals surface area contributed by atoms with Gasteiger partial charge in [0.1, 0.15) is 0 Å². The van der Waals surface area contributed by atoms with Crippen LogP contribution in [-0.4, -0.2) is 24.2 Å². The maximum Gasteiger partial charge on any atom is 0.0897 e. The number of thioether (sulfide) groups is 1. The molecule has 1 fully saturated rings. The Morgan fingerprint density at radius 3 is 2.82 bits per heavy atom. The maximum atomic E-state index is 5.42. The summed E-state index contributed by atoms with van der Waals surface area (Å²) in [7, 11) is 1.80. The number of rotatable bonds is 1. The second-order valence-corrected chi connectivity index (χ2v) is 4.33. The van der Waals surface area contributed by atoms with Gasteiger partial charge in [0.05, 0.1) is 6.10 Å². The second kappa shape index (κ2) is 4.17. The molecule has 1 aliphatic rings. The Hall–Kier alpha value is 0.0500. The van der Waals surface area contributed by atoms with E-state index >= 15 is 0 Å². The molecule has 1 saturated heterocycles. The lowest BCUT2D eigenvalue weighted by molar-refractivity contribution is 0.128. The number of ether oxygens (including phenoxy) is 1. The summed E-state index contributed by atoms with van der Waals surface area (Å²) >= 11 is 2.00. The van der Waals surface area contributed by atoms with Crippen molar-refractivity contribution < 1.29 is 4.74 Å². The van der Waals surface area contributed by atoms with Crippen LogP contribution in [0.3, 0.4) is 0 Å². The van der Waals surface area contributed by atoms with E-state index in [2.05, 4.69) is 19.9 Å². The van der Waals surface area contributed by atoms with Crippen LogP contribution in [0.5, 0.6) is 0 Å². The van der Waals surface area contributed by atoms with Crippen molar-refractivity contribution in [2.24, 2.45) is 0 Å². The SMILES string of the molecule is CC=C1CCSC(C)C1OC. The van der Waals surface area contributed by atoms with Gasteiger partial charge in [-0.3, -0.25) is 0 Å². The average molecular weight is 172 g/mol. The smallest absolute Gasteiger partial charge is 0.0897 e. The number of hydrogen-bond acceptors (Lipinski definition) is 2. The fourth-order valence-electron chi connectivity index (χ4n) is 1.55. The van der Waals surface area contributed by atoms with Crippen LogP contribution in [0, 0.1) is 0 Å². The highest BCUT2D eigenvalue weighted by Crippen LogP contribution is 2.30. The third kappa shape index (κ3) is 2.00. The number of hydrogen-bond donors (Lipinski definition) is 0. The molecule has 64 valence electrons. The summed E-state index contributed by atoms with van der Waals surface area (Å²) in [6.45, 7) is 4.34. The first kappa shape index (κ1) is 9.14. The van der Waals surface area contributed by atoms with E-state index in [4.69, 9.17) is 4.74 Å². The zero-order valence-electron chi connectivity index (χ0n) is 7.46. The van der Waals surface area contributed by atoms with Crippen LogP contribution < -0.4 is 0 Å². The molecule has 0 spiro atoms. The first-order chi connectivity index (χ1) is 5.29. The van der Waals surface area contributed by atoms with Crippen molar-refractivity contribution in [3.63, 3.8) is 0 Å². The van der Waals surface area contributed by atoms with Gasteiger partial charge in [-0.2, -0.15) is 11.8 Å². The largest absolute Gasteiger partial charge is 0.376 e. The standard InChI is InChI=1S/C9H16OS/c1-4-8-5-6-11-7(2)9(8)10-3/h4,7,9H,5-6H2,1-3H3. The molecule has 1 nitrogen and oxygen atoms in total. The summed E-state index contributed by atoms with van der Waals surface area (Å²) in [6, 6.07) is 0. The second-order valence-electron chi connectivity index (χ2n) is 2.85. The van der Waals surface area contributed by atoms with Crippen LogP contribution in [0.25, 0.3) is 0 Å². The van der Waals surface area contributed by atoms with Crippen molar-refractivity contribution >= 4 is 11.8 Å². The molecule has 2 atom stereocenters. The molecule has 1 aliphatic heterocycles. The predicted molar refractivity (Wildman–Crippen MR) is 51.1 cm³/mol. The van der Waals surface area contributed by atoms with E-state index in [1.807, 2.05) is 11.8 Å². The van der Waals surface area contributed by atoms with E-state index in [1.54, 1.807) is 7.11 Å². The van der Waals surface area contributed by atoms with Crippen LogP contribution in [-0.2, 0) is 4.74 Å². The minimum atomic E-state index is 0.360. The summed E-state index contributed by atoms with van der Waals surface area (Å²) in [5, 5.41) is 0.625. The molecule has 0 amide bonds. The van der Waals surface area contributed by atoms with E-state index in [0.717, 1.165) is 0 Å². The van der Waals surface area contributed by atoms with Gasteiger partial charge in [-0.1, -0.05) is 13.0 Å². The predicted octanol–water partition coefficient (Wildman–Crippen LogP) is 2.47. The molecular weight excluding hydrogens is 156 g/mol. The molecule has 0 N–H and O–H groups in total. The fraction of sp³-hybridized carbons (Fsp3) is 0.778. The van der Waals surface area contributed by atoms with Crippen molar-refractivity contribution in [2.45, 2.75) is 31.6 Å². The van der Waals surface area contributed by atoms with Crippen molar-refractivity contribution in [1.82, 2.24) is 0 Å². The van der Waals surface area contributed by atoms with Gasteiger partial charge in [-0.15, -0.1) is 0 Å². The van der Waals surface area contributed by atoms with Gasteiger partial charge in [-0.05, 0) is 24.7 Å². The van der Waals surface area contributed by atoms with Crippen molar-refractivity contribution in [3.05, 3.63) is 11.6 Å². The Kier molecular flexibility index (Phi) is 3.46. The van der Waals surface area contributed by atoms with Crippen LogP contribution in [0.1, 0.15) is 20.3 Å². The monoisotopic (exact) mass is 172 g/mol.